The quantitative estimate of drug-likeness (QED) is 0.832. The Morgan fingerprint density at radius 3 is 2.44 bits per heavy atom. The summed E-state index contributed by atoms with van der Waals surface area (Å²) < 4.78 is 36.5. The molecule has 1 aromatic rings. The lowest BCUT2D eigenvalue weighted by Gasteiger charge is -2.18. The third-order valence-corrected chi connectivity index (χ3v) is 4.91. The van der Waals surface area contributed by atoms with E-state index >= 15 is 0 Å². The van der Waals surface area contributed by atoms with E-state index in [1.54, 1.807) is 31.2 Å². The van der Waals surface area contributed by atoms with Gasteiger partial charge < -0.3 is 9.47 Å². The maximum absolute atomic E-state index is 12.4. The van der Waals surface area contributed by atoms with Crippen LogP contribution in [0.4, 0.5) is 0 Å². The molecule has 5 nitrogen and oxygen atoms in total. The van der Waals surface area contributed by atoms with E-state index in [0.717, 1.165) is 5.56 Å². The minimum atomic E-state index is -3.52. The van der Waals surface area contributed by atoms with Crippen LogP contribution in [0.25, 0.3) is 0 Å². The van der Waals surface area contributed by atoms with Crippen LogP contribution in [0.15, 0.2) is 29.2 Å². The van der Waals surface area contributed by atoms with Gasteiger partial charge in [0.1, 0.15) is 6.23 Å². The molecule has 0 N–H and O–H groups in total. The lowest BCUT2D eigenvalue weighted by atomic mass is 10.2. The lowest BCUT2D eigenvalue weighted by molar-refractivity contribution is -0.108. The highest BCUT2D eigenvalue weighted by Crippen LogP contribution is 2.25. The van der Waals surface area contributed by atoms with Gasteiger partial charge >= 0.3 is 0 Å². The Balaban J connectivity index is 2.29. The predicted octanol–water partition coefficient (Wildman–Crippen LogP) is 1.33. The van der Waals surface area contributed by atoms with E-state index < -0.39 is 22.5 Å². The van der Waals surface area contributed by atoms with Gasteiger partial charge in [-0.15, -0.1) is 0 Å². The second-order valence-electron chi connectivity index (χ2n) is 4.29. The Morgan fingerprint density at radius 1 is 1.33 bits per heavy atom. The standard InChI is InChI=1S/C12H17NO4S/c1-9-4-6-11(7-5-9)18(14,15)13-8-12(16-3)17-10(13)2/h4-7,10,12H,8H2,1-3H3/t10-,12+/m0/s1. The van der Waals surface area contributed by atoms with Crippen molar-refractivity contribution in [2.45, 2.75) is 31.3 Å². The first-order valence-electron chi connectivity index (χ1n) is 5.72. The topological polar surface area (TPSA) is 55.8 Å². The Morgan fingerprint density at radius 2 is 1.94 bits per heavy atom. The number of hydrogen-bond acceptors (Lipinski definition) is 4. The molecule has 6 heteroatoms. The molecule has 1 aromatic carbocycles. The molecule has 18 heavy (non-hydrogen) atoms. The number of nitrogens with zero attached hydrogens (tertiary/aromatic N) is 1. The molecule has 0 amide bonds. The van der Waals surface area contributed by atoms with E-state index in [2.05, 4.69) is 0 Å². The molecule has 1 aliphatic heterocycles. The second kappa shape index (κ2) is 4.97. The normalized spacial score (nSPS) is 25.5. The summed E-state index contributed by atoms with van der Waals surface area (Å²) in [6.45, 7) is 3.83. The maximum atomic E-state index is 12.4. The first-order chi connectivity index (χ1) is 8.45. The van der Waals surface area contributed by atoms with Gasteiger partial charge in [0.05, 0.1) is 11.4 Å². The van der Waals surface area contributed by atoms with Gasteiger partial charge in [0.15, 0.2) is 6.29 Å². The molecule has 100 valence electrons. The average molecular weight is 271 g/mol. The summed E-state index contributed by atoms with van der Waals surface area (Å²) in [5.74, 6) is 0. The zero-order valence-corrected chi connectivity index (χ0v) is 11.5. The zero-order chi connectivity index (χ0) is 13.3. The van der Waals surface area contributed by atoms with Gasteiger partial charge in [-0.05, 0) is 26.0 Å². The van der Waals surface area contributed by atoms with Gasteiger partial charge in [0.25, 0.3) is 0 Å². The minimum Gasteiger partial charge on any atom is -0.354 e. The van der Waals surface area contributed by atoms with E-state index in [9.17, 15) is 8.42 Å². The van der Waals surface area contributed by atoms with Crippen molar-refractivity contribution in [3.05, 3.63) is 29.8 Å². The first kappa shape index (κ1) is 13.5. The molecule has 0 unspecified atom stereocenters. The van der Waals surface area contributed by atoms with E-state index in [1.165, 1.54) is 11.4 Å². The van der Waals surface area contributed by atoms with Crippen molar-refractivity contribution < 1.29 is 17.9 Å². The maximum Gasteiger partial charge on any atom is 0.245 e. The van der Waals surface area contributed by atoms with E-state index in [-0.39, 0.29) is 11.4 Å². The summed E-state index contributed by atoms with van der Waals surface area (Å²) in [7, 11) is -2.02. The fourth-order valence-electron chi connectivity index (χ4n) is 1.90. The molecule has 0 radical (unpaired) electrons. The number of ether oxygens (including phenoxy) is 2. The highest BCUT2D eigenvalue weighted by atomic mass is 32.2. The van der Waals surface area contributed by atoms with Gasteiger partial charge in [-0.25, -0.2) is 8.42 Å². The highest BCUT2D eigenvalue weighted by molar-refractivity contribution is 7.89. The lowest BCUT2D eigenvalue weighted by Crippen LogP contribution is -2.34. The van der Waals surface area contributed by atoms with Crippen molar-refractivity contribution in [2.24, 2.45) is 0 Å². The van der Waals surface area contributed by atoms with Crippen LogP contribution in [0, 0.1) is 6.92 Å². The van der Waals surface area contributed by atoms with Crippen molar-refractivity contribution in [1.29, 1.82) is 0 Å². The fraction of sp³-hybridized carbons (Fsp3) is 0.500. The van der Waals surface area contributed by atoms with E-state index in [1.807, 2.05) is 6.92 Å². The molecule has 0 saturated carbocycles. The van der Waals surface area contributed by atoms with Crippen molar-refractivity contribution in [3.63, 3.8) is 0 Å². The van der Waals surface area contributed by atoms with Crippen LogP contribution in [0.3, 0.4) is 0 Å². The molecular weight excluding hydrogens is 254 g/mol. The van der Waals surface area contributed by atoms with E-state index in [0.29, 0.717) is 0 Å². The number of sulfonamides is 1. The van der Waals surface area contributed by atoms with Crippen molar-refractivity contribution >= 4 is 10.0 Å². The third kappa shape index (κ3) is 2.42. The fourth-order valence-corrected chi connectivity index (χ4v) is 3.40. The summed E-state index contributed by atoms with van der Waals surface area (Å²) in [6, 6.07) is 6.78. The Hall–Kier alpha value is -0.950. The van der Waals surface area contributed by atoms with Crippen LogP contribution < -0.4 is 0 Å². The summed E-state index contributed by atoms with van der Waals surface area (Å²) in [6.07, 6.45) is -1.01. The van der Waals surface area contributed by atoms with Crippen molar-refractivity contribution in [3.8, 4) is 0 Å². The van der Waals surface area contributed by atoms with Crippen LogP contribution in [0.2, 0.25) is 0 Å². The van der Waals surface area contributed by atoms with Gasteiger partial charge in [-0.1, -0.05) is 17.7 Å². The van der Waals surface area contributed by atoms with Crippen molar-refractivity contribution in [2.75, 3.05) is 13.7 Å². The van der Waals surface area contributed by atoms with Crippen LogP contribution in [-0.2, 0) is 19.5 Å². The predicted molar refractivity (Wildman–Crippen MR) is 66.4 cm³/mol. The molecule has 1 heterocycles. The number of benzene rings is 1. The summed E-state index contributed by atoms with van der Waals surface area (Å²) in [4.78, 5) is 0.278. The first-order valence-corrected chi connectivity index (χ1v) is 7.16. The second-order valence-corrected chi connectivity index (χ2v) is 6.18. The molecule has 1 aliphatic rings. The molecule has 0 aliphatic carbocycles. The number of rotatable bonds is 3. The number of methoxy groups -OCH3 is 1. The van der Waals surface area contributed by atoms with E-state index in [4.69, 9.17) is 9.47 Å². The third-order valence-electron chi connectivity index (χ3n) is 2.97. The Kier molecular flexibility index (Phi) is 3.72. The number of hydrogen-bond donors (Lipinski definition) is 0. The van der Waals surface area contributed by atoms with Gasteiger partial charge in [0.2, 0.25) is 10.0 Å². The van der Waals surface area contributed by atoms with Gasteiger partial charge in [-0.3, -0.25) is 0 Å². The van der Waals surface area contributed by atoms with Crippen LogP contribution in [0.1, 0.15) is 12.5 Å². The Labute approximate surface area is 107 Å². The number of aryl methyl sites for hydroxylation is 1. The molecule has 1 fully saturated rings. The molecule has 0 spiro atoms. The molecule has 2 atom stereocenters. The summed E-state index contributed by atoms with van der Waals surface area (Å²) >= 11 is 0. The van der Waals surface area contributed by atoms with Crippen molar-refractivity contribution in [1.82, 2.24) is 4.31 Å². The summed E-state index contributed by atoms with van der Waals surface area (Å²) in [5, 5.41) is 0. The SMILES string of the molecule is CO[C@H]1CN(S(=O)(=O)c2ccc(C)cc2)[C@H](C)O1. The van der Waals surface area contributed by atoms with Gasteiger partial charge in [0, 0.05) is 7.11 Å². The smallest absolute Gasteiger partial charge is 0.245 e. The molecule has 2 rings (SSSR count). The Bertz CT molecular complexity index is 511. The molecule has 0 aromatic heterocycles. The molecule has 0 bridgehead atoms. The van der Waals surface area contributed by atoms with Crippen LogP contribution in [0.5, 0.6) is 0 Å². The largest absolute Gasteiger partial charge is 0.354 e. The monoisotopic (exact) mass is 271 g/mol. The zero-order valence-electron chi connectivity index (χ0n) is 10.7. The molecule has 1 saturated heterocycles. The average Bonchev–Trinajstić information content (AvgIpc) is 2.72. The van der Waals surface area contributed by atoms with Crippen LogP contribution in [-0.4, -0.2) is 38.9 Å². The molecular formula is C12H17NO4S. The summed E-state index contributed by atoms with van der Waals surface area (Å²) in [5.41, 5.74) is 1.02. The van der Waals surface area contributed by atoms with Gasteiger partial charge in [-0.2, -0.15) is 4.31 Å². The minimum absolute atomic E-state index is 0.216. The highest BCUT2D eigenvalue weighted by Gasteiger charge is 2.38. The van der Waals surface area contributed by atoms with Crippen LogP contribution >= 0.6 is 0 Å².